The number of hydrogen-bond donors (Lipinski definition) is 1. The normalized spacial score (nSPS) is 10.2. The van der Waals surface area contributed by atoms with Crippen molar-refractivity contribution in [3.63, 3.8) is 0 Å². The summed E-state index contributed by atoms with van der Waals surface area (Å²) >= 11 is 3.37. The highest BCUT2D eigenvalue weighted by molar-refractivity contribution is 9.10. The summed E-state index contributed by atoms with van der Waals surface area (Å²) in [4.78, 5) is 11.6. The third-order valence-corrected chi connectivity index (χ3v) is 2.33. The van der Waals surface area contributed by atoms with Gasteiger partial charge in [-0.05, 0) is 35.3 Å². The average Bonchev–Trinajstić information content (AvgIpc) is 2.48. The molecule has 1 heterocycles. The number of aryl methyl sites for hydroxylation is 1. The molecular formula is C10H15BrN2O. The van der Waals surface area contributed by atoms with Crippen molar-refractivity contribution in [2.24, 2.45) is 0 Å². The molecule has 1 amide bonds. The summed E-state index contributed by atoms with van der Waals surface area (Å²) in [6.45, 7) is 5.54. The molecule has 0 bridgehead atoms. The average molecular weight is 259 g/mol. The van der Waals surface area contributed by atoms with Crippen molar-refractivity contribution in [2.45, 2.75) is 26.8 Å². The van der Waals surface area contributed by atoms with Gasteiger partial charge >= 0.3 is 0 Å². The molecule has 1 N–H and O–H groups in total. The number of nitrogens with zero attached hydrogens (tertiary/aromatic N) is 1. The highest BCUT2D eigenvalue weighted by atomic mass is 79.9. The van der Waals surface area contributed by atoms with E-state index in [1.165, 1.54) is 0 Å². The molecule has 0 radical (unpaired) electrons. The van der Waals surface area contributed by atoms with Gasteiger partial charge in [0.05, 0.1) is 0 Å². The number of carbonyl (C=O) groups is 1. The standard InChI is InChI=1S/C10H15BrN2O/c1-3-5-13-7-8(11)6-9(13)10(14)12-4-2/h6-7H,3-5H2,1-2H3,(H,12,14). The minimum atomic E-state index is -0.00773. The lowest BCUT2D eigenvalue weighted by atomic mass is 10.4. The highest BCUT2D eigenvalue weighted by Gasteiger charge is 2.10. The van der Waals surface area contributed by atoms with Crippen LogP contribution in [0.15, 0.2) is 16.7 Å². The Balaban J connectivity index is 2.88. The maximum Gasteiger partial charge on any atom is 0.267 e. The molecule has 0 atom stereocenters. The highest BCUT2D eigenvalue weighted by Crippen LogP contribution is 2.15. The zero-order valence-corrected chi connectivity index (χ0v) is 10.1. The predicted octanol–water partition coefficient (Wildman–Crippen LogP) is 2.41. The summed E-state index contributed by atoms with van der Waals surface area (Å²) in [7, 11) is 0. The molecule has 3 nitrogen and oxygen atoms in total. The van der Waals surface area contributed by atoms with Crippen LogP contribution < -0.4 is 5.32 Å². The SMILES string of the molecule is CCCn1cc(Br)cc1C(=O)NCC. The zero-order chi connectivity index (χ0) is 10.6. The third kappa shape index (κ3) is 2.61. The first-order chi connectivity index (χ1) is 6.69. The van der Waals surface area contributed by atoms with Gasteiger partial charge in [-0.3, -0.25) is 4.79 Å². The van der Waals surface area contributed by atoms with Gasteiger partial charge in [0, 0.05) is 23.8 Å². The molecule has 14 heavy (non-hydrogen) atoms. The van der Waals surface area contributed by atoms with Gasteiger partial charge in [-0.1, -0.05) is 6.92 Å². The summed E-state index contributed by atoms with van der Waals surface area (Å²) in [5.74, 6) is -0.00773. The Bertz CT molecular complexity index is 320. The van der Waals surface area contributed by atoms with Gasteiger partial charge in [-0.25, -0.2) is 0 Å². The molecule has 0 aliphatic rings. The Hall–Kier alpha value is -0.770. The lowest BCUT2D eigenvalue weighted by Gasteiger charge is -2.06. The number of aromatic nitrogens is 1. The van der Waals surface area contributed by atoms with Crippen LogP contribution in [-0.2, 0) is 6.54 Å². The van der Waals surface area contributed by atoms with Crippen LogP contribution in [0, 0.1) is 0 Å². The fraction of sp³-hybridized carbons (Fsp3) is 0.500. The number of halogens is 1. The molecule has 0 aromatic carbocycles. The molecule has 1 rings (SSSR count). The lowest BCUT2D eigenvalue weighted by Crippen LogP contribution is -2.25. The van der Waals surface area contributed by atoms with Crippen LogP contribution in [0.1, 0.15) is 30.8 Å². The summed E-state index contributed by atoms with van der Waals surface area (Å²) in [5, 5.41) is 2.79. The fourth-order valence-corrected chi connectivity index (χ4v) is 1.81. The smallest absolute Gasteiger partial charge is 0.267 e. The maximum atomic E-state index is 11.6. The molecule has 0 saturated carbocycles. The molecule has 0 fully saturated rings. The largest absolute Gasteiger partial charge is 0.351 e. The second-order valence-corrected chi connectivity index (χ2v) is 4.01. The molecule has 78 valence electrons. The zero-order valence-electron chi connectivity index (χ0n) is 8.51. The van der Waals surface area contributed by atoms with Crippen molar-refractivity contribution < 1.29 is 4.79 Å². The van der Waals surface area contributed by atoms with Crippen molar-refractivity contribution in [1.29, 1.82) is 0 Å². The molecule has 1 aromatic rings. The Morgan fingerprint density at radius 2 is 2.29 bits per heavy atom. The minimum Gasteiger partial charge on any atom is -0.351 e. The summed E-state index contributed by atoms with van der Waals surface area (Å²) in [5.41, 5.74) is 0.723. The van der Waals surface area contributed by atoms with E-state index in [9.17, 15) is 4.79 Å². The van der Waals surface area contributed by atoms with Crippen LogP contribution in [0.3, 0.4) is 0 Å². The second kappa shape index (κ2) is 5.20. The third-order valence-electron chi connectivity index (χ3n) is 1.90. The van der Waals surface area contributed by atoms with E-state index in [2.05, 4.69) is 28.2 Å². The number of hydrogen-bond acceptors (Lipinski definition) is 1. The number of nitrogens with one attached hydrogen (secondary N) is 1. The van der Waals surface area contributed by atoms with Crippen LogP contribution >= 0.6 is 15.9 Å². The van der Waals surface area contributed by atoms with E-state index < -0.39 is 0 Å². The Morgan fingerprint density at radius 3 is 2.86 bits per heavy atom. The van der Waals surface area contributed by atoms with Gasteiger partial charge in [0.2, 0.25) is 0 Å². The van der Waals surface area contributed by atoms with E-state index >= 15 is 0 Å². The molecule has 4 heteroatoms. The molecule has 0 spiro atoms. The summed E-state index contributed by atoms with van der Waals surface area (Å²) < 4.78 is 2.92. The Morgan fingerprint density at radius 1 is 1.57 bits per heavy atom. The maximum absolute atomic E-state index is 11.6. The first-order valence-electron chi connectivity index (χ1n) is 4.82. The Kier molecular flexibility index (Phi) is 4.20. The van der Waals surface area contributed by atoms with Gasteiger partial charge in [0.1, 0.15) is 5.69 Å². The van der Waals surface area contributed by atoms with Gasteiger partial charge < -0.3 is 9.88 Å². The van der Waals surface area contributed by atoms with Crippen molar-refractivity contribution in [3.05, 3.63) is 22.4 Å². The molecule has 0 saturated heterocycles. The van der Waals surface area contributed by atoms with E-state index in [0.717, 1.165) is 23.1 Å². The fourth-order valence-electron chi connectivity index (χ4n) is 1.34. The molecule has 0 aliphatic heterocycles. The van der Waals surface area contributed by atoms with E-state index in [1.54, 1.807) is 0 Å². The Labute approximate surface area is 92.6 Å². The number of rotatable bonds is 4. The van der Waals surface area contributed by atoms with Crippen molar-refractivity contribution in [2.75, 3.05) is 6.54 Å². The first kappa shape index (κ1) is 11.3. The molecule has 0 unspecified atom stereocenters. The predicted molar refractivity (Wildman–Crippen MR) is 60.4 cm³/mol. The number of amides is 1. The quantitative estimate of drug-likeness (QED) is 0.885. The lowest BCUT2D eigenvalue weighted by molar-refractivity contribution is 0.0946. The van der Waals surface area contributed by atoms with Crippen LogP contribution in [-0.4, -0.2) is 17.0 Å². The van der Waals surface area contributed by atoms with Gasteiger partial charge in [-0.15, -0.1) is 0 Å². The molecule has 1 aromatic heterocycles. The van der Waals surface area contributed by atoms with Crippen molar-refractivity contribution in [3.8, 4) is 0 Å². The van der Waals surface area contributed by atoms with E-state index in [1.807, 2.05) is 23.8 Å². The molecule has 0 aliphatic carbocycles. The topological polar surface area (TPSA) is 34.0 Å². The van der Waals surface area contributed by atoms with E-state index in [4.69, 9.17) is 0 Å². The van der Waals surface area contributed by atoms with Crippen LogP contribution in [0.5, 0.6) is 0 Å². The van der Waals surface area contributed by atoms with E-state index in [0.29, 0.717) is 6.54 Å². The minimum absolute atomic E-state index is 0.00773. The van der Waals surface area contributed by atoms with Crippen LogP contribution in [0.2, 0.25) is 0 Å². The van der Waals surface area contributed by atoms with E-state index in [-0.39, 0.29) is 5.91 Å². The monoisotopic (exact) mass is 258 g/mol. The number of carbonyl (C=O) groups excluding carboxylic acids is 1. The van der Waals surface area contributed by atoms with Crippen molar-refractivity contribution >= 4 is 21.8 Å². The van der Waals surface area contributed by atoms with Crippen LogP contribution in [0.25, 0.3) is 0 Å². The summed E-state index contributed by atoms with van der Waals surface area (Å²) in [6, 6.07) is 1.85. The first-order valence-corrected chi connectivity index (χ1v) is 5.62. The second-order valence-electron chi connectivity index (χ2n) is 3.10. The van der Waals surface area contributed by atoms with Crippen molar-refractivity contribution in [1.82, 2.24) is 9.88 Å². The molecular weight excluding hydrogens is 244 g/mol. The van der Waals surface area contributed by atoms with Gasteiger partial charge in [0.15, 0.2) is 0 Å². The van der Waals surface area contributed by atoms with Crippen LogP contribution in [0.4, 0.5) is 0 Å². The van der Waals surface area contributed by atoms with Gasteiger partial charge in [0.25, 0.3) is 5.91 Å². The van der Waals surface area contributed by atoms with Gasteiger partial charge in [-0.2, -0.15) is 0 Å². The summed E-state index contributed by atoms with van der Waals surface area (Å²) in [6.07, 6.45) is 2.96.